The molecule has 29 heavy (non-hydrogen) atoms. The van der Waals surface area contributed by atoms with Crippen molar-refractivity contribution in [3.8, 4) is 0 Å². The van der Waals surface area contributed by atoms with Crippen molar-refractivity contribution in [1.82, 2.24) is 24.0 Å². The van der Waals surface area contributed by atoms with Crippen LogP contribution in [0.5, 0.6) is 0 Å². The SMILES string of the molecule is Cn1c(=O)c(=O)n(C2CCN(C(=O)Cc3ccccn3)CC2)c2ncc(Cl)cc21. The number of halogens is 1. The van der Waals surface area contributed by atoms with E-state index in [0.717, 1.165) is 5.69 Å². The number of pyridine rings is 2. The minimum absolute atomic E-state index is 0.00763. The van der Waals surface area contributed by atoms with Crippen molar-refractivity contribution in [3.63, 3.8) is 0 Å². The molecule has 1 amide bonds. The topological polar surface area (TPSA) is 90.1 Å². The normalized spacial score (nSPS) is 15.0. The van der Waals surface area contributed by atoms with Crippen molar-refractivity contribution in [2.45, 2.75) is 25.3 Å². The summed E-state index contributed by atoms with van der Waals surface area (Å²) in [7, 11) is 1.54. The molecular weight excluding hydrogens is 394 g/mol. The molecule has 0 radical (unpaired) electrons. The van der Waals surface area contributed by atoms with Crippen LogP contribution in [-0.2, 0) is 18.3 Å². The third-order valence-corrected chi connectivity index (χ3v) is 5.56. The maximum Gasteiger partial charge on any atom is 0.318 e. The summed E-state index contributed by atoms with van der Waals surface area (Å²) in [6.07, 6.45) is 4.53. The zero-order chi connectivity index (χ0) is 20.5. The molecule has 0 saturated carbocycles. The smallest absolute Gasteiger partial charge is 0.318 e. The first-order valence-electron chi connectivity index (χ1n) is 9.40. The van der Waals surface area contributed by atoms with Gasteiger partial charge in [0.2, 0.25) is 5.91 Å². The first kappa shape index (κ1) is 19.3. The van der Waals surface area contributed by atoms with E-state index in [0.29, 0.717) is 42.1 Å². The molecule has 0 bridgehead atoms. The summed E-state index contributed by atoms with van der Waals surface area (Å²) in [5.41, 5.74) is 0.452. The van der Waals surface area contributed by atoms with Crippen molar-refractivity contribution in [1.29, 1.82) is 0 Å². The monoisotopic (exact) mass is 413 g/mol. The second-order valence-corrected chi connectivity index (χ2v) is 7.58. The van der Waals surface area contributed by atoms with Gasteiger partial charge >= 0.3 is 11.1 Å². The van der Waals surface area contributed by atoms with E-state index in [9.17, 15) is 14.4 Å². The number of likely N-dealkylation sites (tertiary alicyclic amines) is 1. The molecule has 1 aliphatic rings. The fourth-order valence-electron chi connectivity index (χ4n) is 3.79. The molecule has 3 aromatic rings. The van der Waals surface area contributed by atoms with Gasteiger partial charge in [0, 0.05) is 44.3 Å². The van der Waals surface area contributed by atoms with Gasteiger partial charge < -0.3 is 9.47 Å². The molecule has 4 heterocycles. The predicted octanol–water partition coefficient (Wildman–Crippen LogP) is 1.55. The molecule has 0 unspecified atom stereocenters. The summed E-state index contributed by atoms with van der Waals surface area (Å²) in [4.78, 5) is 48.0. The molecule has 0 spiro atoms. The van der Waals surface area contributed by atoms with E-state index in [1.54, 1.807) is 17.2 Å². The van der Waals surface area contributed by atoms with Crippen LogP contribution in [0, 0.1) is 0 Å². The molecule has 0 aromatic carbocycles. The van der Waals surface area contributed by atoms with Crippen LogP contribution in [0.15, 0.2) is 46.2 Å². The van der Waals surface area contributed by atoms with Gasteiger partial charge in [-0.2, -0.15) is 0 Å². The molecule has 4 rings (SSSR count). The lowest BCUT2D eigenvalue weighted by molar-refractivity contribution is -0.131. The van der Waals surface area contributed by atoms with Gasteiger partial charge in [0.25, 0.3) is 0 Å². The molecule has 0 N–H and O–H groups in total. The van der Waals surface area contributed by atoms with Gasteiger partial charge in [-0.05, 0) is 31.0 Å². The highest BCUT2D eigenvalue weighted by atomic mass is 35.5. The van der Waals surface area contributed by atoms with Crippen LogP contribution in [0.3, 0.4) is 0 Å². The Hall–Kier alpha value is -3.00. The molecular formula is C20H20ClN5O3. The molecule has 1 saturated heterocycles. The van der Waals surface area contributed by atoms with E-state index >= 15 is 0 Å². The Bertz CT molecular complexity index is 1180. The van der Waals surface area contributed by atoms with Crippen LogP contribution in [-0.4, -0.2) is 43.0 Å². The molecule has 9 heteroatoms. The third kappa shape index (κ3) is 3.67. The Labute approximate surface area is 171 Å². The lowest BCUT2D eigenvalue weighted by atomic mass is 10.0. The van der Waals surface area contributed by atoms with Gasteiger partial charge in [0.15, 0.2) is 5.65 Å². The Morgan fingerprint density at radius 3 is 2.62 bits per heavy atom. The summed E-state index contributed by atoms with van der Waals surface area (Å²) < 4.78 is 2.74. The number of hydrogen-bond donors (Lipinski definition) is 0. The summed E-state index contributed by atoms with van der Waals surface area (Å²) in [5, 5.41) is 0.396. The van der Waals surface area contributed by atoms with Crippen LogP contribution in [0.1, 0.15) is 24.6 Å². The second kappa shape index (κ2) is 7.79. The number of nitrogens with zero attached hydrogens (tertiary/aromatic N) is 5. The fourth-order valence-corrected chi connectivity index (χ4v) is 3.94. The summed E-state index contributed by atoms with van der Waals surface area (Å²) >= 11 is 6.03. The summed E-state index contributed by atoms with van der Waals surface area (Å²) in [5.74, 6) is 0.00763. The number of aromatic nitrogens is 4. The van der Waals surface area contributed by atoms with Gasteiger partial charge in [-0.25, -0.2) is 4.98 Å². The van der Waals surface area contributed by atoms with Gasteiger partial charge in [-0.15, -0.1) is 0 Å². The zero-order valence-corrected chi connectivity index (χ0v) is 16.7. The van der Waals surface area contributed by atoms with E-state index in [4.69, 9.17) is 11.6 Å². The predicted molar refractivity (Wildman–Crippen MR) is 109 cm³/mol. The van der Waals surface area contributed by atoms with Crippen molar-refractivity contribution in [2.24, 2.45) is 7.05 Å². The largest absolute Gasteiger partial charge is 0.342 e. The zero-order valence-electron chi connectivity index (χ0n) is 15.9. The fraction of sp³-hybridized carbons (Fsp3) is 0.350. The number of hydrogen-bond acceptors (Lipinski definition) is 5. The molecule has 1 aliphatic heterocycles. The number of amides is 1. The van der Waals surface area contributed by atoms with Gasteiger partial charge in [0.05, 0.1) is 17.0 Å². The summed E-state index contributed by atoms with van der Waals surface area (Å²) in [6, 6.07) is 6.92. The number of carbonyl (C=O) groups excluding carboxylic acids is 1. The minimum atomic E-state index is -0.616. The highest BCUT2D eigenvalue weighted by molar-refractivity contribution is 6.31. The van der Waals surface area contributed by atoms with E-state index in [1.807, 2.05) is 18.2 Å². The molecule has 150 valence electrons. The second-order valence-electron chi connectivity index (χ2n) is 7.15. The van der Waals surface area contributed by atoms with Crippen LogP contribution in [0.4, 0.5) is 0 Å². The van der Waals surface area contributed by atoms with Crippen LogP contribution in [0.2, 0.25) is 5.02 Å². The summed E-state index contributed by atoms with van der Waals surface area (Å²) in [6.45, 7) is 1.01. The van der Waals surface area contributed by atoms with E-state index in [2.05, 4.69) is 9.97 Å². The average Bonchev–Trinajstić information content (AvgIpc) is 2.74. The van der Waals surface area contributed by atoms with Crippen molar-refractivity contribution in [3.05, 3.63) is 68.1 Å². The number of aryl methyl sites for hydroxylation is 1. The van der Waals surface area contributed by atoms with Crippen LogP contribution < -0.4 is 11.1 Å². The number of rotatable bonds is 3. The minimum Gasteiger partial charge on any atom is -0.342 e. The van der Waals surface area contributed by atoms with E-state index in [-0.39, 0.29) is 18.4 Å². The molecule has 0 aliphatic carbocycles. The quantitative estimate of drug-likeness (QED) is 0.608. The number of piperidine rings is 1. The molecule has 1 fully saturated rings. The van der Waals surface area contributed by atoms with Gasteiger partial charge in [-0.3, -0.25) is 23.9 Å². The van der Waals surface area contributed by atoms with Crippen LogP contribution >= 0.6 is 11.6 Å². The number of fused-ring (bicyclic) bond motifs is 1. The lowest BCUT2D eigenvalue weighted by Crippen LogP contribution is -2.46. The Morgan fingerprint density at radius 1 is 1.17 bits per heavy atom. The highest BCUT2D eigenvalue weighted by Crippen LogP contribution is 2.25. The Balaban J connectivity index is 1.57. The molecule has 3 aromatic heterocycles. The molecule has 0 atom stereocenters. The van der Waals surface area contributed by atoms with Gasteiger partial charge in [-0.1, -0.05) is 17.7 Å². The lowest BCUT2D eigenvalue weighted by Gasteiger charge is -2.33. The van der Waals surface area contributed by atoms with Gasteiger partial charge in [0.1, 0.15) is 0 Å². The van der Waals surface area contributed by atoms with Crippen molar-refractivity contribution >= 4 is 28.7 Å². The van der Waals surface area contributed by atoms with Crippen molar-refractivity contribution in [2.75, 3.05) is 13.1 Å². The maximum atomic E-state index is 12.7. The Morgan fingerprint density at radius 2 is 1.93 bits per heavy atom. The van der Waals surface area contributed by atoms with Crippen LogP contribution in [0.25, 0.3) is 11.2 Å². The Kier molecular flexibility index (Phi) is 5.19. The highest BCUT2D eigenvalue weighted by Gasteiger charge is 2.27. The van der Waals surface area contributed by atoms with E-state index < -0.39 is 11.1 Å². The maximum absolute atomic E-state index is 12.7. The van der Waals surface area contributed by atoms with Crippen molar-refractivity contribution < 1.29 is 4.79 Å². The first-order chi connectivity index (χ1) is 14.0. The first-order valence-corrected chi connectivity index (χ1v) is 9.78. The number of carbonyl (C=O) groups is 1. The standard InChI is InChI=1S/C20H20ClN5O3/c1-24-16-10-13(21)12-23-18(16)26(20(29)19(24)28)15-5-8-25(9-6-15)17(27)11-14-4-2-3-7-22-14/h2-4,7,10,12,15H,5-6,8-9,11H2,1H3. The third-order valence-electron chi connectivity index (χ3n) is 5.35. The van der Waals surface area contributed by atoms with E-state index in [1.165, 1.54) is 22.4 Å². The molecule has 8 nitrogen and oxygen atoms in total. The average molecular weight is 414 g/mol.